The van der Waals surface area contributed by atoms with E-state index in [1.807, 2.05) is 6.92 Å². The van der Waals surface area contributed by atoms with Gasteiger partial charge in [0.15, 0.2) is 11.7 Å². The van der Waals surface area contributed by atoms with Crippen LogP contribution in [0.15, 0.2) is 10.4 Å². The van der Waals surface area contributed by atoms with Gasteiger partial charge in [-0.25, -0.2) is 4.98 Å². The van der Waals surface area contributed by atoms with E-state index in [9.17, 15) is 13.2 Å². The largest absolute Gasteiger partial charge is 0.434 e. The number of hydrogen-bond donors (Lipinski definition) is 2. The minimum absolute atomic E-state index is 0. The van der Waals surface area contributed by atoms with Crippen molar-refractivity contribution < 1.29 is 13.2 Å². The van der Waals surface area contributed by atoms with Gasteiger partial charge in [0.1, 0.15) is 0 Å². The predicted molar refractivity (Wildman–Crippen MR) is 99.6 cm³/mol. The lowest BCUT2D eigenvalue weighted by atomic mass is 10.1. The lowest BCUT2D eigenvalue weighted by molar-refractivity contribution is -0.140. The second-order valence-electron chi connectivity index (χ2n) is 5.31. The van der Waals surface area contributed by atoms with Crippen molar-refractivity contribution in [2.45, 2.75) is 46.3 Å². The average molecular weight is 464 g/mol. The zero-order valence-electron chi connectivity index (χ0n) is 13.7. The van der Waals surface area contributed by atoms with E-state index in [-0.39, 0.29) is 30.0 Å². The van der Waals surface area contributed by atoms with Gasteiger partial charge in [-0.15, -0.1) is 35.3 Å². The standard InChI is InChI=1S/C14H23F3N4S.HI/c1-5-18-13(20-10(4)9(2)3)19-7-6-12-21-11(8-22-12)14(15,16)17;/h8-10H,5-7H2,1-4H3,(H2,18,19,20);1H. The molecule has 0 saturated heterocycles. The molecule has 0 aliphatic carbocycles. The monoisotopic (exact) mass is 464 g/mol. The fourth-order valence-corrected chi connectivity index (χ4v) is 2.32. The second kappa shape index (κ2) is 10.3. The van der Waals surface area contributed by atoms with E-state index >= 15 is 0 Å². The molecule has 4 nitrogen and oxygen atoms in total. The number of guanidine groups is 1. The van der Waals surface area contributed by atoms with Crippen LogP contribution in [0.1, 0.15) is 38.4 Å². The van der Waals surface area contributed by atoms with Gasteiger partial charge in [-0.3, -0.25) is 4.99 Å². The van der Waals surface area contributed by atoms with Gasteiger partial charge in [0.05, 0.1) is 5.01 Å². The molecule has 0 radical (unpaired) electrons. The molecule has 2 N–H and O–H groups in total. The van der Waals surface area contributed by atoms with Crippen molar-refractivity contribution in [3.8, 4) is 0 Å². The van der Waals surface area contributed by atoms with Crippen molar-refractivity contribution >= 4 is 41.3 Å². The molecular formula is C14H24F3IN4S. The van der Waals surface area contributed by atoms with Crippen molar-refractivity contribution in [1.82, 2.24) is 15.6 Å². The summed E-state index contributed by atoms with van der Waals surface area (Å²) in [6.45, 7) is 9.36. The van der Waals surface area contributed by atoms with Crippen LogP contribution >= 0.6 is 35.3 Å². The molecule has 0 saturated carbocycles. The highest BCUT2D eigenvalue weighted by Crippen LogP contribution is 2.30. The fraction of sp³-hybridized carbons (Fsp3) is 0.714. The van der Waals surface area contributed by atoms with Gasteiger partial charge in [0, 0.05) is 30.9 Å². The molecule has 0 amide bonds. The zero-order chi connectivity index (χ0) is 16.8. The molecule has 0 aliphatic heterocycles. The second-order valence-corrected chi connectivity index (χ2v) is 6.25. The van der Waals surface area contributed by atoms with Crippen LogP contribution in [0.5, 0.6) is 0 Å². The number of aromatic nitrogens is 1. The quantitative estimate of drug-likeness (QED) is 0.381. The van der Waals surface area contributed by atoms with E-state index in [4.69, 9.17) is 0 Å². The van der Waals surface area contributed by atoms with Crippen molar-refractivity contribution in [2.24, 2.45) is 10.9 Å². The highest BCUT2D eigenvalue weighted by atomic mass is 127. The number of nitrogens with zero attached hydrogens (tertiary/aromatic N) is 2. The van der Waals surface area contributed by atoms with Crippen molar-refractivity contribution in [2.75, 3.05) is 13.1 Å². The van der Waals surface area contributed by atoms with E-state index in [1.54, 1.807) is 0 Å². The van der Waals surface area contributed by atoms with Gasteiger partial charge in [0.2, 0.25) is 0 Å². The van der Waals surface area contributed by atoms with E-state index in [0.29, 0.717) is 29.9 Å². The van der Waals surface area contributed by atoms with E-state index in [2.05, 4.69) is 41.4 Å². The van der Waals surface area contributed by atoms with Gasteiger partial charge in [0.25, 0.3) is 0 Å². The molecular weight excluding hydrogens is 440 g/mol. The number of halogens is 4. The van der Waals surface area contributed by atoms with Crippen LogP contribution in [0.2, 0.25) is 0 Å². The van der Waals surface area contributed by atoms with Gasteiger partial charge in [-0.2, -0.15) is 13.2 Å². The third-order valence-corrected chi connectivity index (χ3v) is 4.05. The summed E-state index contributed by atoms with van der Waals surface area (Å²) in [5, 5.41) is 7.89. The van der Waals surface area contributed by atoms with Gasteiger partial charge < -0.3 is 10.6 Å². The first-order chi connectivity index (χ1) is 10.2. The Balaban J connectivity index is 0.00000484. The normalized spacial score (nSPS) is 13.7. The van der Waals surface area contributed by atoms with Crippen LogP contribution in [0, 0.1) is 5.92 Å². The summed E-state index contributed by atoms with van der Waals surface area (Å²) >= 11 is 1.02. The first kappa shape index (κ1) is 22.4. The molecule has 1 aromatic rings. The van der Waals surface area contributed by atoms with Gasteiger partial charge in [-0.05, 0) is 19.8 Å². The van der Waals surface area contributed by atoms with Gasteiger partial charge >= 0.3 is 6.18 Å². The average Bonchev–Trinajstić information content (AvgIpc) is 2.87. The highest BCUT2D eigenvalue weighted by Gasteiger charge is 2.33. The van der Waals surface area contributed by atoms with Crippen LogP contribution in [0.4, 0.5) is 13.2 Å². The Kier molecular flexibility index (Phi) is 10.1. The molecule has 9 heteroatoms. The van der Waals surface area contributed by atoms with Crippen molar-refractivity contribution in [3.05, 3.63) is 16.1 Å². The molecule has 1 heterocycles. The molecule has 1 aromatic heterocycles. The molecule has 1 unspecified atom stereocenters. The first-order valence-corrected chi connectivity index (χ1v) is 8.18. The molecule has 0 spiro atoms. The maximum absolute atomic E-state index is 12.5. The lowest BCUT2D eigenvalue weighted by Gasteiger charge is -2.20. The fourth-order valence-electron chi connectivity index (χ4n) is 1.52. The smallest absolute Gasteiger partial charge is 0.357 e. The summed E-state index contributed by atoms with van der Waals surface area (Å²) in [6, 6.07) is 0.259. The van der Waals surface area contributed by atoms with Crippen LogP contribution in [-0.4, -0.2) is 30.1 Å². The lowest BCUT2D eigenvalue weighted by Crippen LogP contribution is -2.44. The number of nitrogens with one attached hydrogen (secondary N) is 2. The molecule has 134 valence electrons. The molecule has 0 aromatic carbocycles. The Morgan fingerprint density at radius 1 is 1.35 bits per heavy atom. The Bertz CT molecular complexity index is 489. The Morgan fingerprint density at radius 3 is 2.48 bits per heavy atom. The van der Waals surface area contributed by atoms with Crippen molar-refractivity contribution in [1.29, 1.82) is 0 Å². The number of rotatable bonds is 6. The minimum Gasteiger partial charge on any atom is -0.357 e. The predicted octanol–water partition coefficient (Wildman–Crippen LogP) is 3.92. The van der Waals surface area contributed by atoms with Crippen LogP contribution < -0.4 is 10.6 Å². The summed E-state index contributed by atoms with van der Waals surface area (Å²) in [5.41, 5.74) is -0.824. The van der Waals surface area contributed by atoms with Gasteiger partial charge in [-0.1, -0.05) is 13.8 Å². The minimum atomic E-state index is -4.37. The molecule has 0 bridgehead atoms. The number of aliphatic imine (C=N–C) groups is 1. The molecule has 23 heavy (non-hydrogen) atoms. The number of hydrogen-bond acceptors (Lipinski definition) is 3. The van der Waals surface area contributed by atoms with Crippen LogP contribution in [0.3, 0.4) is 0 Å². The van der Waals surface area contributed by atoms with E-state index in [0.717, 1.165) is 23.3 Å². The number of thiazole rings is 1. The molecule has 0 aliphatic rings. The zero-order valence-corrected chi connectivity index (χ0v) is 16.8. The summed E-state index contributed by atoms with van der Waals surface area (Å²) in [4.78, 5) is 7.98. The Hall–Kier alpha value is -0.580. The SMILES string of the molecule is CCNC(=NCCc1nc(C(F)(F)F)cs1)NC(C)C(C)C.I. The maximum Gasteiger partial charge on any atom is 0.434 e. The highest BCUT2D eigenvalue weighted by molar-refractivity contribution is 14.0. The van der Waals surface area contributed by atoms with Crippen molar-refractivity contribution in [3.63, 3.8) is 0 Å². The van der Waals surface area contributed by atoms with Crippen LogP contribution in [0.25, 0.3) is 0 Å². The first-order valence-electron chi connectivity index (χ1n) is 7.30. The Morgan fingerprint density at radius 2 is 2.00 bits per heavy atom. The molecule has 0 fully saturated rings. The van der Waals surface area contributed by atoms with E-state index in [1.165, 1.54) is 0 Å². The molecule has 1 rings (SSSR count). The Labute approximate surface area is 156 Å². The number of alkyl halides is 3. The summed E-state index contributed by atoms with van der Waals surface area (Å²) < 4.78 is 37.4. The third kappa shape index (κ3) is 8.18. The summed E-state index contributed by atoms with van der Waals surface area (Å²) in [5.74, 6) is 1.13. The molecule has 1 atom stereocenters. The summed E-state index contributed by atoms with van der Waals surface area (Å²) in [6.07, 6.45) is -3.98. The topological polar surface area (TPSA) is 49.3 Å². The van der Waals surface area contributed by atoms with Crippen LogP contribution in [-0.2, 0) is 12.6 Å². The maximum atomic E-state index is 12.5. The summed E-state index contributed by atoms with van der Waals surface area (Å²) in [7, 11) is 0. The third-order valence-electron chi connectivity index (χ3n) is 3.15. The van der Waals surface area contributed by atoms with E-state index < -0.39 is 11.9 Å².